The number of carbonyl (C=O) groups is 3. The molecule has 0 spiro atoms. The maximum Gasteiger partial charge on any atom is 0.327 e. The molecule has 2 aliphatic rings. The Kier molecular flexibility index (Phi) is 4.05. The SMILES string of the molecule is CC1(C)S[C@@H]2[C@H](NC(=O)C(N)(N)c3ccccc3)C(=O)N2[C@H]1C(=O)O. The lowest BCUT2D eigenvalue weighted by molar-refractivity contribution is -0.161. The van der Waals surface area contributed by atoms with Crippen molar-refractivity contribution in [3.8, 4) is 0 Å². The Labute approximate surface area is 148 Å². The van der Waals surface area contributed by atoms with E-state index >= 15 is 0 Å². The van der Waals surface area contributed by atoms with Gasteiger partial charge in [-0.15, -0.1) is 11.8 Å². The number of hydrogen-bond acceptors (Lipinski definition) is 6. The molecule has 9 heteroatoms. The number of fused-ring (bicyclic) bond motifs is 1. The number of carboxylic acids is 1. The molecule has 2 aliphatic heterocycles. The van der Waals surface area contributed by atoms with Gasteiger partial charge in [-0.25, -0.2) is 4.79 Å². The number of carboxylic acid groups (broad SMARTS) is 1. The van der Waals surface area contributed by atoms with E-state index in [2.05, 4.69) is 5.32 Å². The predicted octanol–water partition coefficient (Wildman–Crippen LogP) is -0.611. The highest BCUT2D eigenvalue weighted by atomic mass is 32.2. The first-order valence-electron chi connectivity index (χ1n) is 7.74. The molecule has 0 radical (unpaired) electrons. The second-order valence-corrected chi connectivity index (χ2v) is 8.56. The molecule has 2 fully saturated rings. The number of benzene rings is 1. The lowest BCUT2D eigenvalue weighted by Gasteiger charge is -2.44. The van der Waals surface area contributed by atoms with Gasteiger partial charge in [0.15, 0.2) is 5.66 Å². The van der Waals surface area contributed by atoms with Gasteiger partial charge in [-0.2, -0.15) is 0 Å². The monoisotopic (exact) mass is 364 g/mol. The molecule has 1 aromatic rings. The standard InChI is InChI=1S/C16H20N4O4S/c1-15(2)10(13(22)23)20-11(21)9(12(20)25-15)19-14(24)16(17,18)8-6-4-3-5-7-8/h3-7,9-10,12H,17-18H2,1-2H3,(H,19,24)(H,22,23)/t9-,10+,12-/m1/s1. The van der Waals surface area contributed by atoms with Gasteiger partial charge < -0.3 is 26.8 Å². The molecule has 1 aromatic carbocycles. The third-order valence-electron chi connectivity index (χ3n) is 4.59. The van der Waals surface area contributed by atoms with Crippen LogP contribution in [0.5, 0.6) is 0 Å². The number of thioether (sulfide) groups is 1. The van der Waals surface area contributed by atoms with Crippen LogP contribution in [0.2, 0.25) is 0 Å². The van der Waals surface area contributed by atoms with Gasteiger partial charge >= 0.3 is 5.97 Å². The molecule has 8 nitrogen and oxygen atoms in total. The number of hydrogen-bond donors (Lipinski definition) is 4. The maximum atomic E-state index is 12.5. The van der Waals surface area contributed by atoms with Crippen molar-refractivity contribution < 1.29 is 19.5 Å². The average Bonchev–Trinajstić information content (AvgIpc) is 2.81. The van der Waals surface area contributed by atoms with Gasteiger partial charge in [0.2, 0.25) is 5.91 Å². The maximum absolute atomic E-state index is 12.5. The van der Waals surface area contributed by atoms with E-state index in [1.807, 2.05) is 0 Å². The molecule has 0 unspecified atom stereocenters. The fourth-order valence-corrected chi connectivity index (χ4v) is 4.88. The predicted molar refractivity (Wildman–Crippen MR) is 92.2 cm³/mol. The minimum Gasteiger partial charge on any atom is -0.480 e. The first-order chi connectivity index (χ1) is 11.6. The lowest BCUT2D eigenvalue weighted by atomic mass is 9.95. The van der Waals surface area contributed by atoms with Gasteiger partial charge in [-0.3, -0.25) is 9.59 Å². The molecule has 2 amide bonds. The van der Waals surface area contributed by atoms with E-state index in [9.17, 15) is 19.5 Å². The van der Waals surface area contributed by atoms with E-state index in [1.165, 1.54) is 16.7 Å². The van der Waals surface area contributed by atoms with Gasteiger partial charge in [0.1, 0.15) is 17.5 Å². The number of aliphatic carboxylic acids is 1. The molecule has 0 saturated carbocycles. The topological polar surface area (TPSA) is 139 Å². The second-order valence-electron chi connectivity index (χ2n) is 6.78. The Balaban J connectivity index is 1.76. The minimum absolute atomic E-state index is 0.416. The molecular weight excluding hydrogens is 344 g/mol. The third-order valence-corrected chi connectivity index (χ3v) is 6.16. The summed E-state index contributed by atoms with van der Waals surface area (Å²) in [6.45, 7) is 3.53. The number of nitrogens with one attached hydrogen (secondary N) is 1. The zero-order chi connectivity index (χ0) is 18.6. The van der Waals surface area contributed by atoms with Crippen molar-refractivity contribution in [1.82, 2.24) is 10.2 Å². The van der Waals surface area contributed by atoms with E-state index in [-0.39, 0.29) is 0 Å². The average molecular weight is 364 g/mol. The molecule has 6 N–H and O–H groups in total. The Bertz CT molecular complexity index is 737. The van der Waals surface area contributed by atoms with E-state index in [0.717, 1.165) is 0 Å². The largest absolute Gasteiger partial charge is 0.480 e. The zero-order valence-corrected chi connectivity index (χ0v) is 14.6. The van der Waals surface area contributed by atoms with Crippen LogP contribution in [0.25, 0.3) is 0 Å². The highest BCUT2D eigenvalue weighted by molar-refractivity contribution is 8.01. The van der Waals surface area contributed by atoms with Crippen molar-refractivity contribution in [1.29, 1.82) is 0 Å². The van der Waals surface area contributed by atoms with Gasteiger partial charge in [-0.1, -0.05) is 30.3 Å². The summed E-state index contributed by atoms with van der Waals surface area (Å²) < 4.78 is -0.659. The number of amides is 2. The Morgan fingerprint density at radius 2 is 1.88 bits per heavy atom. The number of β-lactam (4-membered cyclic amide) rings is 1. The summed E-state index contributed by atoms with van der Waals surface area (Å²) in [4.78, 5) is 37.7. The van der Waals surface area contributed by atoms with Crippen LogP contribution in [-0.2, 0) is 20.0 Å². The normalized spacial score (nSPS) is 27.4. The summed E-state index contributed by atoms with van der Waals surface area (Å²) >= 11 is 1.34. The van der Waals surface area contributed by atoms with Crippen molar-refractivity contribution >= 4 is 29.5 Å². The number of rotatable bonds is 4. The van der Waals surface area contributed by atoms with Crippen molar-refractivity contribution in [2.24, 2.45) is 11.5 Å². The molecule has 3 atom stereocenters. The number of nitrogens with two attached hydrogens (primary N) is 2. The quantitative estimate of drug-likeness (QED) is 0.413. The highest BCUT2D eigenvalue weighted by Gasteiger charge is 2.64. The molecule has 134 valence electrons. The first-order valence-corrected chi connectivity index (χ1v) is 8.62. The van der Waals surface area contributed by atoms with Crippen LogP contribution >= 0.6 is 11.8 Å². The third kappa shape index (κ3) is 2.68. The van der Waals surface area contributed by atoms with E-state index in [1.54, 1.807) is 44.2 Å². The molecular formula is C16H20N4O4S. The smallest absolute Gasteiger partial charge is 0.327 e. The van der Waals surface area contributed by atoms with Crippen LogP contribution < -0.4 is 16.8 Å². The molecule has 2 saturated heterocycles. The van der Waals surface area contributed by atoms with Crippen molar-refractivity contribution in [3.63, 3.8) is 0 Å². The van der Waals surface area contributed by atoms with Crippen molar-refractivity contribution in [2.45, 2.75) is 41.7 Å². The molecule has 0 aliphatic carbocycles. The van der Waals surface area contributed by atoms with Crippen LogP contribution in [0.4, 0.5) is 0 Å². The van der Waals surface area contributed by atoms with Crippen LogP contribution in [0.15, 0.2) is 30.3 Å². The van der Waals surface area contributed by atoms with Crippen LogP contribution in [0, 0.1) is 0 Å². The zero-order valence-electron chi connectivity index (χ0n) is 13.8. The summed E-state index contributed by atoms with van der Waals surface area (Å²) in [6, 6.07) is 6.67. The van der Waals surface area contributed by atoms with Crippen LogP contribution in [0.1, 0.15) is 19.4 Å². The summed E-state index contributed by atoms with van der Waals surface area (Å²) in [5.41, 5.74) is 10.6. The fraction of sp³-hybridized carbons (Fsp3) is 0.438. The minimum atomic E-state index is -1.78. The van der Waals surface area contributed by atoms with Crippen molar-refractivity contribution in [3.05, 3.63) is 35.9 Å². The fourth-order valence-electron chi connectivity index (χ4n) is 3.25. The van der Waals surface area contributed by atoms with Gasteiger partial charge in [0.25, 0.3) is 5.91 Å². The van der Waals surface area contributed by atoms with Crippen LogP contribution in [0.3, 0.4) is 0 Å². The summed E-state index contributed by atoms with van der Waals surface area (Å²) in [5, 5.41) is 11.5. The molecule has 25 heavy (non-hydrogen) atoms. The molecule has 0 aromatic heterocycles. The highest BCUT2D eigenvalue weighted by Crippen LogP contribution is 2.50. The van der Waals surface area contributed by atoms with Gasteiger partial charge in [0, 0.05) is 4.75 Å². The summed E-state index contributed by atoms with van der Waals surface area (Å²) in [6.07, 6.45) is 0. The van der Waals surface area contributed by atoms with Gasteiger partial charge in [0.05, 0.1) is 0 Å². The number of carbonyl (C=O) groups excluding carboxylic acids is 2. The Hall–Kier alpha value is -2.10. The lowest BCUT2D eigenvalue weighted by Crippen LogP contribution is -2.73. The molecule has 3 rings (SSSR count). The van der Waals surface area contributed by atoms with Gasteiger partial charge in [-0.05, 0) is 19.4 Å². The molecule has 2 heterocycles. The van der Waals surface area contributed by atoms with E-state index in [4.69, 9.17) is 11.5 Å². The second kappa shape index (κ2) is 5.72. The Morgan fingerprint density at radius 1 is 1.28 bits per heavy atom. The van der Waals surface area contributed by atoms with Crippen LogP contribution in [-0.4, -0.2) is 50.0 Å². The summed E-state index contributed by atoms with van der Waals surface area (Å²) in [7, 11) is 0. The number of nitrogens with zero attached hydrogens (tertiary/aromatic N) is 1. The van der Waals surface area contributed by atoms with E-state index < -0.39 is 45.7 Å². The van der Waals surface area contributed by atoms with Crippen molar-refractivity contribution in [2.75, 3.05) is 0 Å². The van der Waals surface area contributed by atoms with E-state index in [0.29, 0.717) is 5.56 Å². The molecule has 0 bridgehead atoms. The summed E-state index contributed by atoms with van der Waals surface area (Å²) in [5.74, 6) is -2.18. The Morgan fingerprint density at radius 3 is 2.44 bits per heavy atom. The first kappa shape index (κ1) is 17.7.